The number of esters is 1. The molecule has 1 aromatic carbocycles. The van der Waals surface area contributed by atoms with Gasteiger partial charge in [-0.15, -0.1) is 0 Å². The first-order valence-corrected chi connectivity index (χ1v) is 8.40. The summed E-state index contributed by atoms with van der Waals surface area (Å²) in [5, 5.41) is 3.32. The predicted molar refractivity (Wildman–Crippen MR) is 97.0 cm³/mol. The van der Waals surface area contributed by atoms with Crippen molar-refractivity contribution in [1.82, 2.24) is 9.88 Å². The summed E-state index contributed by atoms with van der Waals surface area (Å²) in [6, 6.07) is 14.0. The number of anilines is 1. The lowest BCUT2D eigenvalue weighted by Gasteiger charge is -2.25. The van der Waals surface area contributed by atoms with Gasteiger partial charge in [0.1, 0.15) is 11.9 Å². The number of pyridine rings is 1. The molecular formula is C20H17N3O4. The largest absolute Gasteiger partial charge is 0.467 e. The molecule has 1 unspecified atom stereocenters. The molecule has 0 bridgehead atoms. The molecule has 3 heterocycles. The highest BCUT2D eigenvalue weighted by atomic mass is 16.5. The Bertz CT molecular complexity index is 967. The molecule has 0 fully saturated rings. The third-order valence-corrected chi connectivity index (χ3v) is 4.42. The Morgan fingerprint density at radius 3 is 2.74 bits per heavy atom. The lowest BCUT2D eigenvalue weighted by atomic mass is 10.2. The molecule has 7 nitrogen and oxygen atoms in total. The van der Waals surface area contributed by atoms with Crippen molar-refractivity contribution >= 4 is 17.6 Å². The van der Waals surface area contributed by atoms with E-state index in [9.17, 15) is 9.59 Å². The van der Waals surface area contributed by atoms with Crippen LogP contribution < -0.4 is 5.32 Å². The second-order valence-electron chi connectivity index (χ2n) is 6.06. The van der Waals surface area contributed by atoms with E-state index >= 15 is 0 Å². The van der Waals surface area contributed by atoms with Crippen LogP contribution in [0.1, 0.15) is 38.3 Å². The minimum Gasteiger partial charge on any atom is -0.467 e. The number of carbonyl (C=O) groups is 2. The zero-order valence-corrected chi connectivity index (χ0v) is 14.6. The molecule has 3 aromatic rings. The average molecular weight is 363 g/mol. The Kier molecular flexibility index (Phi) is 4.33. The number of amides is 1. The Balaban J connectivity index is 1.63. The van der Waals surface area contributed by atoms with E-state index < -0.39 is 12.1 Å². The van der Waals surface area contributed by atoms with Gasteiger partial charge in [-0.1, -0.05) is 0 Å². The van der Waals surface area contributed by atoms with Gasteiger partial charge in [0.05, 0.1) is 36.7 Å². The van der Waals surface area contributed by atoms with Crippen LogP contribution in [0.2, 0.25) is 0 Å². The van der Waals surface area contributed by atoms with Crippen molar-refractivity contribution in [3.63, 3.8) is 0 Å². The summed E-state index contributed by atoms with van der Waals surface area (Å²) in [6.07, 6.45) is 2.80. The van der Waals surface area contributed by atoms with Crippen molar-refractivity contribution in [3.8, 4) is 0 Å². The van der Waals surface area contributed by atoms with Crippen LogP contribution in [0.15, 0.2) is 65.4 Å². The van der Waals surface area contributed by atoms with E-state index in [0.717, 1.165) is 5.69 Å². The summed E-state index contributed by atoms with van der Waals surface area (Å²) >= 11 is 0. The second kappa shape index (κ2) is 6.95. The van der Waals surface area contributed by atoms with E-state index in [0.29, 0.717) is 29.1 Å². The minimum atomic E-state index is -0.442. The summed E-state index contributed by atoms with van der Waals surface area (Å²) in [6.45, 7) is 0.320. The zero-order valence-electron chi connectivity index (χ0n) is 14.6. The SMILES string of the molecule is COC(=O)c1ccc(NC2c3ncccc3C(=O)N2Cc2ccco2)cc1. The van der Waals surface area contributed by atoms with Gasteiger partial charge in [-0.3, -0.25) is 9.78 Å². The molecule has 0 radical (unpaired) electrons. The number of nitrogens with one attached hydrogen (secondary N) is 1. The van der Waals surface area contributed by atoms with E-state index in [-0.39, 0.29) is 5.91 Å². The first-order chi connectivity index (χ1) is 13.2. The number of carbonyl (C=O) groups excluding carboxylic acids is 2. The fraction of sp³-hybridized carbons (Fsp3) is 0.150. The number of ether oxygens (including phenoxy) is 1. The number of hydrogen-bond acceptors (Lipinski definition) is 6. The molecule has 0 saturated heterocycles. The lowest BCUT2D eigenvalue weighted by Crippen LogP contribution is -2.32. The van der Waals surface area contributed by atoms with Gasteiger partial charge in [0.25, 0.3) is 5.91 Å². The van der Waals surface area contributed by atoms with Gasteiger partial charge in [-0.05, 0) is 48.5 Å². The van der Waals surface area contributed by atoms with Crippen molar-refractivity contribution in [2.45, 2.75) is 12.7 Å². The van der Waals surface area contributed by atoms with Gasteiger partial charge in [0, 0.05) is 11.9 Å². The van der Waals surface area contributed by atoms with Gasteiger partial charge < -0.3 is 19.4 Å². The topological polar surface area (TPSA) is 84.7 Å². The van der Waals surface area contributed by atoms with Gasteiger partial charge in [0.15, 0.2) is 0 Å². The number of hydrogen-bond donors (Lipinski definition) is 1. The molecule has 4 rings (SSSR count). The molecule has 27 heavy (non-hydrogen) atoms. The monoisotopic (exact) mass is 363 g/mol. The quantitative estimate of drug-likeness (QED) is 0.701. The molecular weight excluding hydrogens is 346 g/mol. The summed E-state index contributed by atoms with van der Waals surface area (Å²) in [4.78, 5) is 30.5. The molecule has 7 heteroatoms. The maximum atomic E-state index is 12.8. The molecule has 1 atom stereocenters. The van der Waals surface area contributed by atoms with E-state index in [1.54, 1.807) is 59.8 Å². The van der Waals surface area contributed by atoms with Crippen LogP contribution >= 0.6 is 0 Å². The molecule has 0 spiro atoms. The summed E-state index contributed by atoms with van der Waals surface area (Å²) in [7, 11) is 1.34. The highest BCUT2D eigenvalue weighted by Gasteiger charge is 2.38. The number of aromatic nitrogens is 1. The third-order valence-electron chi connectivity index (χ3n) is 4.42. The van der Waals surface area contributed by atoms with Crippen LogP contribution in [-0.2, 0) is 11.3 Å². The standard InChI is InChI=1S/C20H17N3O4/c1-26-20(25)13-6-8-14(9-7-13)22-18-17-16(5-2-10-21-17)19(24)23(18)12-15-4-3-11-27-15/h2-11,18,22H,12H2,1H3. The van der Waals surface area contributed by atoms with Crippen molar-refractivity contribution in [2.75, 3.05) is 12.4 Å². The highest BCUT2D eigenvalue weighted by Crippen LogP contribution is 2.34. The third kappa shape index (κ3) is 3.15. The molecule has 136 valence electrons. The lowest BCUT2D eigenvalue weighted by molar-refractivity contribution is 0.0600. The van der Waals surface area contributed by atoms with E-state index in [2.05, 4.69) is 10.3 Å². The van der Waals surface area contributed by atoms with Crippen molar-refractivity contribution < 1.29 is 18.7 Å². The maximum absolute atomic E-state index is 12.8. The number of furan rings is 1. The van der Waals surface area contributed by atoms with E-state index in [1.165, 1.54) is 7.11 Å². The average Bonchev–Trinajstić information content (AvgIpc) is 3.31. The van der Waals surface area contributed by atoms with Crippen LogP contribution in [0.3, 0.4) is 0 Å². The van der Waals surface area contributed by atoms with E-state index in [1.807, 2.05) is 6.07 Å². The molecule has 0 saturated carbocycles. The number of methoxy groups -OCH3 is 1. The van der Waals surface area contributed by atoms with Crippen LogP contribution in [0.25, 0.3) is 0 Å². The number of benzene rings is 1. The molecule has 1 aliphatic heterocycles. The summed E-state index contributed by atoms with van der Waals surface area (Å²) in [5.74, 6) is 0.172. The fourth-order valence-electron chi connectivity index (χ4n) is 3.09. The van der Waals surface area contributed by atoms with Crippen molar-refractivity contribution in [2.24, 2.45) is 0 Å². The molecule has 0 aliphatic carbocycles. The Labute approximate surface area is 155 Å². The van der Waals surface area contributed by atoms with Crippen molar-refractivity contribution in [3.05, 3.63) is 83.6 Å². The molecule has 1 N–H and O–H groups in total. The Morgan fingerprint density at radius 2 is 2.04 bits per heavy atom. The van der Waals surface area contributed by atoms with E-state index in [4.69, 9.17) is 9.15 Å². The Hall–Kier alpha value is -3.61. The second-order valence-corrected chi connectivity index (χ2v) is 6.06. The predicted octanol–water partition coefficient (Wildman–Crippen LogP) is 3.23. The van der Waals surface area contributed by atoms with Gasteiger partial charge >= 0.3 is 5.97 Å². The van der Waals surface area contributed by atoms with Gasteiger partial charge in [0.2, 0.25) is 0 Å². The number of nitrogens with zero attached hydrogens (tertiary/aromatic N) is 2. The fourth-order valence-corrected chi connectivity index (χ4v) is 3.09. The number of rotatable bonds is 5. The minimum absolute atomic E-state index is 0.113. The highest BCUT2D eigenvalue weighted by molar-refractivity contribution is 5.99. The van der Waals surface area contributed by atoms with Crippen LogP contribution in [0.5, 0.6) is 0 Å². The van der Waals surface area contributed by atoms with Gasteiger partial charge in [-0.25, -0.2) is 4.79 Å². The Morgan fingerprint density at radius 1 is 1.22 bits per heavy atom. The molecule has 1 amide bonds. The zero-order chi connectivity index (χ0) is 18.8. The number of fused-ring (bicyclic) bond motifs is 1. The summed E-state index contributed by atoms with van der Waals surface area (Å²) < 4.78 is 10.1. The maximum Gasteiger partial charge on any atom is 0.337 e. The van der Waals surface area contributed by atoms with Crippen LogP contribution in [-0.4, -0.2) is 28.9 Å². The normalized spacial score (nSPS) is 15.5. The first kappa shape index (κ1) is 16.8. The van der Waals surface area contributed by atoms with Gasteiger partial charge in [-0.2, -0.15) is 0 Å². The molecule has 1 aliphatic rings. The molecule has 2 aromatic heterocycles. The smallest absolute Gasteiger partial charge is 0.337 e. The van der Waals surface area contributed by atoms with Crippen LogP contribution in [0, 0.1) is 0 Å². The first-order valence-electron chi connectivity index (χ1n) is 8.40. The van der Waals surface area contributed by atoms with Crippen molar-refractivity contribution in [1.29, 1.82) is 0 Å². The summed E-state index contributed by atoms with van der Waals surface area (Å²) in [5.41, 5.74) is 2.43. The van der Waals surface area contributed by atoms with Crippen LogP contribution in [0.4, 0.5) is 5.69 Å².